The minimum absolute atomic E-state index is 0. The van der Waals surface area contributed by atoms with Gasteiger partial charge in [0.15, 0.2) is 0 Å². The van der Waals surface area contributed by atoms with Crippen LogP contribution in [0.3, 0.4) is 0 Å². The molecule has 0 aromatic carbocycles. The molecule has 22 heavy (non-hydrogen) atoms. The van der Waals surface area contributed by atoms with Gasteiger partial charge in [0.05, 0.1) is 0 Å². The molecule has 0 unspecified atom stereocenters. The van der Waals surface area contributed by atoms with Gasteiger partial charge in [-0.15, -0.1) is 13.8 Å². The number of hydrogen-bond acceptors (Lipinski definition) is 1. The molecular formula is C20H31CoO. The zero-order valence-corrected chi connectivity index (χ0v) is 16.8. The van der Waals surface area contributed by atoms with Crippen molar-refractivity contribution in [2.24, 2.45) is 10.8 Å². The monoisotopic (exact) mass is 346 g/mol. The molecular weight excluding hydrogens is 315 g/mol. The minimum atomic E-state index is 0. The summed E-state index contributed by atoms with van der Waals surface area (Å²) in [6, 6.07) is 0. The standard InChI is InChI=1S/2C10H15.Co.H2O/c2*1-7-6-10(4,5)9(3)8(7)2;;/h2*1-5H3;;1H2/q2*-1;+3;/p-1. The van der Waals surface area contributed by atoms with Crippen LogP contribution in [0, 0.1) is 23.0 Å². The van der Waals surface area contributed by atoms with Crippen LogP contribution in [0.15, 0.2) is 33.4 Å². The van der Waals surface area contributed by atoms with Gasteiger partial charge >= 0.3 is 16.8 Å². The van der Waals surface area contributed by atoms with Gasteiger partial charge in [-0.25, -0.2) is 11.1 Å². The Bertz CT molecular complexity index is 490. The largest absolute Gasteiger partial charge is 3.00 e. The summed E-state index contributed by atoms with van der Waals surface area (Å²) in [6.07, 6.45) is 6.87. The molecule has 0 spiro atoms. The Labute approximate surface area is 148 Å². The first-order chi connectivity index (χ1) is 8.90. The Morgan fingerprint density at radius 2 is 0.818 bits per heavy atom. The molecule has 0 bridgehead atoms. The van der Waals surface area contributed by atoms with Crippen molar-refractivity contribution in [3.05, 3.63) is 45.6 Å². The summed E-state index contributed by atoms with van der Waals surface area (Å²) in [5, 5.41) is 0. The van der Waals surface area contributed by atoms with E-state index in [0.717, 1.165) is 0 Å². The molecule has 0 radical (unpaired) electrons. The van der Waals surface area contributed by atoms with Gasteiger partial charge in [-0.05, 0) is 0 Å². The maximum atomic E-state index is 3.44. The van der Waals surface area contributed by atoms with Crippen molar-refractivity contribution < 1.29 is 22.3 Å². The molecule has 1 N–H and O–H groups in total. The molecule has 1 nitrogen and oxygen atoms in total. The van der Waals surface area contributed by atoms with Crippen molar-refractivity contribution in [1.29, 1.82) is 0 Å². The first-order valence-electron chi connectivity index (χ1n) is 7.50. The van der Waals surface area contributed by atoms with E-state index in [1.165, 1.54) is 33.4 Å². The molecule has 2 heteroatoms. The number of rotatable bonds is 0. The fourth-order valence-corrected chi connectivity index (χ4v) is 2.81. The van der Waals surface area contributed by atoms with E-state index >= 15 is 0 Å². The van der Waals surface area contributed by atoms with Crippen LogP contribution in [0.2, 0.25) is 0 Å². The second-order valence-electron chi connectivity index (χ2n) is 7.25. The molecule has 0 aromatic heterocycles. The SMILES string of the molecule is CC1=[C-]C(C)(C)C(C)=C1C.CC1=[C-]C(C)(C)C(C)=C1C.[Co+3].[OH-]. The summed E-state index contributed by atoms with van der Waals surface area (Å²) < 4.78 is 0. The van der Waals surface area contributed by atoms with Crippen LogP contribution in [0.25, 0.3) is 0 Å². The molecule has 0 heterocycles. The molecule has 0 amide bonds. The summed E-state index contributed by atoms with van der Waals surface area (Å²) in [5.74, 6) is 0. The van der Waals surface area contributed by atoms with Crippen molar-refractivity contribution >= 4 is 0 Å². The van der Waals surface area contributed by atoms with E-state index in [1.54, 1.807) is 0 Å². The van der Waals surface area contributed by atoms with Crippen LogP contribution in [0.4, 0.5) is 0 Å². The van der Waals surface area contributed by atoms with Crippen LogP contribution in [0.1, 0.15) is 69.2 Å². The van der Waals surface area contributed by atoms with Crippen molar-refractivity contribution in [1.82, 2.24) is 0 Å². The molecule has 2 rings (SSSR count). The quantitative estimate of drug-likeness (QED) is 0.491. The smallest absolute Gasteiger partial charge is 0.870 e. The van der Waals surface area contributed by atoms with Gasteiger partial charge in [-0.3, -0.25) is 12.2 Å². The van der Waals surface area contributed by atoms with E-state index in [4.69, 9.17) is 0 Å². The van der Waals surface area contributed by atoms with Gasteiger partial charge in [-0.2, -0.15) is 22.3 Å². The molecule has 0 saturated heterocycles. The molecule has 0 saturated carbocycles. The average molecular weight is 346 g/mol. The van der Waals surface area contributed by atoms with Gasteiger partial charge in [0.1, 0.15) is 0 Å². The van der Waals surface area contributed by atoms with Crippen LogP contribution in [-0.2, 0) is 16.8 Å². The van der Waals surface area contributed by atoms with Crippen molar-refractivity contribution in [2.45, 2.75) is 69.2 Å². The number of allylic oxidation sites excluding steroid dienone is 8. The van der Waals surface area contributed by atoms with E-state index in [0.29, 0.717) is 0 Å². The van der Waals surface area contributed by atoms with Gasteiger partial charge < -0.3 is 5.48 Å². The predicted molar refractivity (Wildman–Crippen MR) is 91.1 cm³/mol. The van der Waals surface area contributed by atoms with E-state index in [-0.39, 0.29) is 33.1 Å². The van der Waals surface area contributed by atoms with E-state index in [9.17, 15) is 0 Å². The van der Waals surface area contributed by atoms with Gasteiger partial charge in [0, 0.05) is 0 Å². The fraction of sp³-hybridized carbons (Fsp3) is 0.600. The van der Waals surface area contributed by atoms with Gasteiger partial charge in [0.25, 0.3) is 0 Å². The second-order valence-corrected chi connectivity index (χ2v) is 7.25. The molecule has 2 aliphatic rings. The second kappa shape index (κ2) is 7.81. The van der Waals surface area contributed by atoms with Crippen LogP contribution in [-0.4, -0.2) is 5.48 Å². The first kappa shape index (κ1) is 23.7. The van der Waals surface area contributed by atoms with E-state index in [1.807, 2.05) is 0 Å². The summed E-state index contributed by atoms with van der Waals surface area (Å²) in [5.41, 5.74) is 8.79. The zero-order valence-electron chi connectivity index (χ0n) is 15.8. The topological polar surface area (TPSA) is 30.0 Å². The van der Waals surface area contributed by atoms with Crippen LogP contribution < -0.4 is 0 Å². The van der Waals surface area contributed by atoms with Gasteiger partial charge in [-0.1, -0.05) is 66.2 Å². The molecule has 0 aromatic rings. The first-order valence-corrected chi connectivity index (χ1v) is 7.50. The Hall–Kier alpha value is -0.574. The number of hydrogen-bond donors (Lipinski definition) is 0. The van der Waals surface area contributed by atoms with Crippen LogP contribution in [0.5, 0.6) is 0 Å². The van der Waals surface area contributed by atoms with Crippen LogP contribution >= 0.6 is 0 Å². The molecule has 0 fully saturated rings. The summed E-state index contributed by atoms with van der Waals surface area (Å²) in [4.78, 5) is 0. The van der Waals surface area contributed by atoms with Crippen molar-refractivity contribution in [3.63, 3.8) is 0 Å². The Morgan fingerprint density at radius 1 is 0.591 bits per heavy atom. The minimum Gasteiger partial charge on any atom is -0.870 e. The Kier molecular flexibility index (Phi) is 8.40. The maximum absolute atomic E-state index is 3.44. The van der Waals surface area contributed by atoms with Crippen molar-refractivity contribution in [3.8, 4) is 0 Å². The summed E-state index contributed by atoms with van der Waals surface area (Å²) in [7, 11) is 0. The summed E-state index contributed by atoms with van der Waals surface area (Å²) in [6.45, 7) is 21.8. The summed E-state index contributed by atoms with van der Waals surface area (Å²) >= 11 is 0. The Morgan fingerprint density at radius 3 is 0.864 bits per heavy atom. The molecule has 2 aliphatic carbocycles. The Balaban J connectivity index is 0. The third-order valence-corrected chi connectivity index (χ3v) is 5.12. The van der Waals surface area contributed by atoms with E-state index < -0.39 is 0 Å². The molecule has 126 valence electrons. The predicted octanol–water partition coefficient (Wildman–Crippen LogP) is 6.04. The third-order valence-electron chi connectivity index (χ3n) is 5.12. The fourth-order valence-electron chi connectivity index (χ4n) is 2.81. The average Bonchev–Trinajstić information content (AvgIpc) is 2.60. The molecule has 0 atom stereocenters. The molecule has 0 aliphatic heterocycles. The third kappa shape index (κ3) is 4.71. The maximum Gasteiger partial charge on any atom is 3.00 e. The van der Waals surface area contributed by atoms with E-state index in [2.05, 4.69) is 81.4 Å². The van der Waals surface area contributed by atoms with Gasteiger partial charge in [0.2, 0.25) is 0 Å². The normalized spacial score (nSPS) is 21.4. The van der Waals surface area contributed by atoms with Crippen molar-refractivity contribution in [2.75, 3.05) is 0 Å². The zero-order chi connectivity index (χ0) is 15.9.